The van der Waals surface area contributed by atoms with Crippen LogP contribution in [-0.2, 0) is 16.1 Å². The first-order chi connectivity index (χ1) is 10.4. The topological polar surface area (TPSA) is 91.4 Å². The number of hydrogen-bond acceptors (Lipinski definition) is 6. The molecule has 0 aliphatic carbocycles. The van der Waals surface area contributed by atoms with Crippen LogP contribution in [-0.4, -0.2) is 28.4 Å². The second kappa shape index (κ2) is 5.97. The van der Waals surface area contributed by atoms with Gasteiger partial charge in [-0.05, 0) is 20.8 Å². The van der Waals surface area contributed by atoms with E-state index in [1.165, 1.54) is 24.9 Å². The third-order valence-corrected chi connectivity index (χ3v) is 3.31. The van der Waals surface area contributed by atoms with Gasteiger partial charge in [0, 0.05) is 12.1 Å². The number of ketones is 1. The van der Waals surface area contributed by atoms with Crippen LogP contribution in [0, 0.1) is 6.92 Å². The molecule has 0 amide bonds. The Morgan fingerprint density at radius 2 is 2.09 bits per heavy atom. The van der Waals surface area contributed by atoms with Gasteiger partial charge in [0.25, 0.3) is 5.56 Å². The first kappa shape index (κ1) is 15.7. The molecule has 0 saturated carbocycles. The minimum atomic E-state index is -0.467. The van der Waals surface area contributed by atoms with Crippen LogP contribution in [0.5, 0.6) is 0 Å². The van der Waals surface area contributed by atoms with E-state index in [1.807, 2.05) is 0 Å². The quantitative estimate of drug-likeness (QED) is 0.484. The average molecular weight is 304 g/mol. The van der Waals surface area contributed by atoms with Crippen molar-refractivity contribution >= 4 is 22.9 Å². The maximum absolute atomic E-state index is 12.5. The van der Waals surface area contributed by atoms with Crippen LogP contribution in [0.4, 0.5) is 0 Å². The van der Waals surface area contributed by atoms with Crippen molar-refractivity contribution < 1.29 is 18.7 Å². The summed E-state index contributed by atoms with van der Waals surface area (Å²) in [6.07, 6.45) is 2.87. The summed E-state index contributed by atoms with van der Waals surface area (Å²) in [5.41, 5.74) is 0.374. The highest BCUT2D eigenvalue weighted by atomic mass is 16.5. The lowest BCUT2D eigenvalue weighted by Crippen LogP contribution is -2.21. The molecule has 7 nitrogen and oxygen atoms in total. The summed E-state index contributed by atoms with van der Waals surface area (Å²) in [4.78, 5) is 39.5. The van der Waals surface area contributed by atoms with Crippen LogP contribution in [0.2, 0.25) is 0 Å². The standard InChI is InChI=1S/C15H16N2O5/c1-8(15(20)21-4)5-6-17-7-16-13-12(14(17)19)11(9(2)18)10(3)22-13/h5,7H,6H2,1-4H3. The van der Waals surface area contributed by atoms with E-state index in [-0.39, 0.29) is 34.6 Å². The zero-order chi connectivity index (χ0) is 16.4. The van der Waals surface area contributed by atoms with Crippen molar-refractivity contribution in [3.63, 3.8) is 0 Å². The Kier molecular flexibility index (Phi) is 4.25. The zero-order valence-electron chi connectivity index (χ0n) is 12.8. The van der Waals surface area contributed by atoms with Gasteiger partial charge in [-0.2, -0.15) is 0 Å². The molecule has 2 rings (SSSR count). The SMILES string of the molecule is COC(=O)C(C)=CCn1cnc2oc(C)c(C(C)=O)c2c1=O. The van der Waals surface area contributed by atoms with Crippen molar-refractivity contribution in [3.8, 4) is 0 Å². The van der Waals surface area contributed by atoms with Crippen LogP contribution >= 0.6 is 0 Å². The summed E-state index contributed by atoms with van der Waals surface area (Å²) in [6, 6.07) is 0. The molecule has 7 heteroatoms. The maximum Gasteiger partial charge on any atom is 0.333 e. The Labute approximate surface area is 126 Å². The van der Waals surface area contributed by atoms with Gasteiger partial charge in [0.15, 0.2) is 5.78 Å². The minimum Gasteiger partial charge on any atom is -0.466 e. The monoisotopic (exact) mass is 304 g/mol. The van der Waals surface area contributed by atoms with Crippen molar-refractivity contribution in [2.24, 2.45) is 0 Å². The third-order valence-electron chi connectivity index (χ3n) is 3.31. The Hall–Kier alpha value is -2.70. The molecule has 0 atom stereocenters. The first-order valence-electron chi connectivity index (χ1n) is 6.61. The van der Waals surface area contributed by atoms with E-state index in [4.69, 9.17) is 4.42 Å². The number of hydrogen-bond donors (Lipinski definition) is 0. The second-order valence-corrected chi connectivity index (χ2v) is 4.85. The summed E-state index contributed by atoms with van der Waals surface area (Å²) >= 11 is 0. The largest absolute Gasteiger partial charge is 0.466 e. The Morgan fingerprint density at radius 3 is 2.68 bits per heavy atom. The average Bonchev–Trinajstić information content (AvgIpc) is 2.82. The molecule has 22 heavy (non-hydrogen) atoms. The Bertz CT molecular complexity index is 841. The van der Waals surface area contributed by atoms with E-state index in [1.54, 1.807) is 19.9 Å². The molecule has 2 aromatic heterocycles. The highest BCUT2D eigenvalue weighted by molar-refractivity contribution is 6.06. The van der Waals surface area contributed by atoms with Gasteiger partial charge in [0.1, 0.15) is 17.5 Å². The molecule has 2 aromatic rings. The lowest BCUT2D eigenvalue weighted by Gasteiger charge is -2.03. The Balaban J connectivity index is 2.52. The first-order valence-corrected chi connectivity index (χ1v) is 6.61. The van der Waals surface area contributed by atoms with Crippen molar-refractivity contribution in [1.29, 1.82) is 0 Å². The molecular weight excluding hydrogens is 288 g/mol. The van der Waals surface area contributed by atoms with E-state index < -0.39 is 5.97 Å². The lowest BCUT2D eigenvalue weighted by atomic mass is 10.1. The minimum absolute atomic E-state index is 0.137. The second-order valence-electron chi connectivity index (χ2n) is 4.85. The number of methoxy groups -OCH3 is 1. The number of allylic oxidation sites excluding steroid dienone is 1. The van der Waals surface area contributed by atoms with Gasteiger partial charge in [-0.1, -0.05) is 6.08 Å². The van der Waals surface area contributed by atoms with Crippen molar-refractivity contribution in [2.45, 2.75) is 27.3 Å². The number of ether oxygens (including phenoxy) is 1. The molecule has 0 fully saturated rings. The van der Waals surface area contributed by atoms with E-state index in [9.17, 15) is 14.4 Å². The highest BCUT2D eigenvalue weighted by Gasteiger charge is 2.19. The van der Waals surface area contributed by atoms with Crippen molar-refractivity contribution in [1.82, 2.24) is 9.55 Å². The molecule has 0 bridgehead atoms. The predicted molar refractivity (Wildman–Crippen MR) is 78.8 cm³/mol. The van der Waals surface area contributed by atoms with Gasteiger partial charge < -0.3 is 9.15 Å². The van der Waals surface area contributed by atoms with E-state index in [2.05, 4.69) is 9.72 Å². The zero-order valence-corrected chi connectivity index (χ0v) is 12.8. The number of nitrogens with zero attached hydrogens (tertiary/aromatic N) is 2. The van der Waals surface area contributed by atoms with E-state index >= 15 is 0 Å². The van der Waals surface area contributed by atoms with Crippen LogP contribution in [0.25, 0.3) is 11.1 Å². The molecule has 0 unspecified atom stereocenters. The van der Waals surface area contributed by atoms with Gasteiger partial charge >= 0.3 is 5.97 Å². The molecule has 0 spiro atoms. The number of carbonyl (C=O) groups excluding carboxylic acids is 2. The van der Waals surface area contributed by atoms with E-state index in [0.29, 0.717) is 11.3 Å². The summed E-state index contributed by atoms with van der Waals surface area (Å²) in [5.74, 6) is -0.356. The molecule has 0 radical (unpaired) electrons. The van der Waals surface area contributed by atoms with Crippen LogP contribution in [0.3, 0.4) is 0 Å². The third kappa shape index (κ3) is 2.69. The van der Waals surface area contributed by atoms with Crippen LogP contribution in [0.1, 0.15) is 30.0 Å². The maximum atomic E-state index is 12.5. The van der Waals surface area contributed by atoms with Gasteiger partial charge in [-0.3, -0.25) is 14.2 Å². The number of rotatable bonds is 4. The molecule has 0 N–H and O–H groups in total. The molecular formula is C15H16N2O5. The number of aromatic nitrogens is 2. The summed E-state index contributed by atoms with van der Waals surface area (Å²) in [5, 5.41) is 0.164. The van der Waals surface area contributed by atoms with Crippen LogP contribution < -0.4 is 5.56 Å². The summed E-state index contributed by atoms with van der Waals surface area (Å²) in [6.45, 7) is 4.72. The van der Waals surface area contributed by atoms with Gasteiger partial charge in [0.2, 0.25) is 5.71 Å². The lowest BCUT2D eigenvalue weighted by molar-refractivity contribution is -0.136. The number of esters is 1. The number of fused-ring (bicyclic) bond motifs is 1. The van der Waals surface area contributed by atoms with E-state index in [0.717, 1.165) is 0 Å². The summed E-state index contributed by atoms with van der Waals surface area (Å²) in [7, 11) is 1.28. The number of carbonyl (C=O) groups is 2. The molecule has 0 aliphatic rings. The predicted octanol–water partition coefficient (Wildman–Crippen LogP) is 1.62. The summed E-state index contributed by atoms with van der Waals surface area (Å²) < 4.78 is 11.2. The normalized spacial score (nSPS) is 11.7. The Morgan fingerprint density at radius 1 is 1.41 bits per heavy atom. The molecule has 0 saturated heterocycles. The number of Topliss-reactive ketones (excluding diaryl/α,β-unsaturated/α-hetero) is 1. The number of aryl methyl sites for hydroxylation is 1. The molecule has 116 valence electrons. The van der Waals surface area contributed by atoms with Crippen molar-refractivity contribution in [3.05, 3.63) is 39.7 Å². The highest BCUT2D eigenvalue weighted by Crippen LogP contribution is 2.21. The van der Waals surface area contributed by atoms with Gasteiger partial charge in [-0.25, -0.2) is 9.78 Å². The molecule has 0 aromatic carbocycles. The number of furan rings is 1. The van der Waals surface area contributed by atoms with Gasteiger partial charge in [-0.15, -0.1) is 0 Å². The smallest absolute Gasteiger partial charge is 0.333 e. The fourth-order valence-electron chi connectivity index (χ4n) is 2.17. The van der Waals surface area contributed by atoms with Crippen molar-refractivity contribution in [2.75, 3.05) is 7.11 Å². The molecule has 0 aliphatic heterocycles. The van der Waals surface area contributed by atoms with Gasteiger partial charge in [0.05, 0.1) is 12.7 Å². The fourth-order valence-corrected chi connectivity index (χ4v) is 2.17. The fraction of sp³-hybridized carbons (Fsp3) is 0.333. The van der Waals surface area contributed by atoms with Crippen LogP contribution in [0.15, 0.2) is 27.2 Å². The molecule has 2 heterocycles.